The number of guanidine groups is 1. The Labute approximate surface area is 158 Å². The third-order valence-corrected chi connectivity index (χ3v) is 4.03. The summed E-state index contributed by atoms with van der Waals surface area (Å²) in [4.78, 5) is 16.2. The second kappa shape index (κ2) is 9.47. The van der Waals surface area contributed by atoms with Crippen molar-refractivity contribution in [2.75, 3.05) is 33.3 Å². The Bertz CT molecular complexity index is 780. The summed E-state index contributed by atoms with van der Waals surface area (Å²) >= 11 is 0. The standard InChI is InChI=1S/C20H24N4O3/c1-21-20(23-12-11-22-19(25)15-7-3-2-4-8-15)24-13-16-14-26-17-9-5-6-10-18(17)27-16/h2-10,16H,11-14H2,1H3,(H,22,25)(H2,21,23,24). The first-order valence-corrected chi connectivity index (χ1v) is 8.92. The molecule has 142 valence electrons. The first kappa shape index (κ1) is 18.6. The number of fused-ring (bicyclic) bond motifs is 1. The van der Waals surface area contributed by atoms with Gasteiger partial charge >= 0.3 is 0 Å². The lowest BCUT2D eigenvalue weighted by atomic mass is 10.2. The molecule has 0 spiro atoms. The van der Waals surface area contributed by atoms with Gasteiger partial charge in [-0.1, -0.05) is 30.3 Å². The van der Waals surface area contributed by atoms with E-state index in [-0.39, 0.29) is 12.0 Å². The highest BCUT2D eigenvalue weighted by molar-refractivity contribution is 5.94. The summed E-state index contributed by atoms with van der Waals surface area (Å²) in [5, 5.41) is 9.24. The van der Waals surface area contributed by atoms with Crippen LogP contribution < -0.4 is 25.4 Å². The van der Waals surface area contributed by atoms with Crippen molar-refractivity contribution in [2.45, 2.75) is 6.10 Å². The molecule has 27 heavy (non-hydrogen) atoms. The Morgan fingerprint density at radius 1 is 1.00 bits per heavy atom. The molecule has 1 unspecified atom stereocenters. The molecular formula is C20H24N4O3. The van der Waals surface area contributed by atoms with E-state index in [0.29, 0.717) is 37.8 Å². The third kappa shape index (κ3) is 5.37. The molecule has 1 heterocycles. The maximum absolute atomic E-state index is 12.0. The molecule has 2 aromatic carbocycles. The van der Waals surface area contributed by atoms with Crippen molar-refractivity contribution in [3.8, 4) is 11.5 Å². The largest absolute Gasteiger partial charge is 0.486 e. The van der Waals surface area contributed by atoms with Gasteiger partial charge in [-0.2, -0.15) is 0 Å². The molecule has 1 aliphatic heterocycles. The zero-order valence-electron chi connectivity index (χ0n) is 15.3. The average molecular weight is 368 g/mol. The first-order valence-electron chi connectivity index (χ1n) is 8.92. The van der Waals surface area contributed by atoms with E-state index in [1.54, 1.807) is 19.2 Å². The van der Waals surface area contributed by atoms with Crippen LogP contribution in [-0.2, 0) is 0 Å². The van der Waals surface area contributed by atoms with Gasteiger partial charge in [0.2, 0.25) is 0 Å². The summed E-state index contributed by atoms with van der Waals surface area (Å²) in [5.74, 6) is 2.07. The van der Waals surface area contributed by atoms with Crippen LogP contribution in [0, 0.1) is 0 Å². The fourth-order valence-electron chi connectivity index (χ4n) is 2.64. The number of hydrogen-bond acceptors (Lipinski definition) is 4. The zero-order valence-corrected chi connectivity index (χ0v) is 15.3. The molecule has 1 aliphatic rings. The van der Waals surface area contributed by atoms with Gasteiger partial charge in [-0.15, -0.1) is 0 Å². The van der Waals surface area contributed by atoms with E-state index in [0.717, 1.165) is 11.5 Å². The third-order valence-electron chi connectivity index (χ3n) is 4.03. The number of para-hydroxylation sites is 2. The molecule has 3 rings (SSSR count). The van der Waals surface area contributed by atoms with Crippen LogP contribution in [0.4, 0.5) is 0 Å². The number of aliphatic imine (C=N–C) groups is 1. The van der Waals surface area contributed by atoms with Gasteiger partial charge in [0.1, 0.15) is 12.7 Å². The summed E-state index contributed by atoms with van der Waals surface area (Å²) < 4.78 is 11.6. The minimum atomic E-state index is -0.101. The zero-order chi connectivity index (χ0) is 18.9. The summed E-state index contributed by atoms with van der Waals surface area (Å²) in [6.07, 6.45) is -0.101. The fourth-order valence-corrected chi connectivity index (χ4v) is 2.64. The molecule has 0 aliphatic carbocycles. The first-order chi connectivity index (χ1) is 13.3. The van der Waals surface area contributed by atoms with Crippen molar-refractivity contribution >= 4 is 11.9 Å². The molecule has 2 aromatic rings. The van der Waals surface area contributed by atoms with Gasteiger partial charge < -0.3 is 25.4 Å². The van der Waals surface area contributed by atoms with E-state index in [1.165, 1.54) is 0 Å². The number of carbonyl (C=O) groups is 1. The minimum absolute atomic E-state index is 0.0910. The molecule has 7 nitrogen and oxygen atoms in total. The Morgan fingerprint density at radius 2 is 1.70 bits per heavy atom. The van der Waals surface area contributed by atoms with Crippen molar-refractivity contribution in [3.05, 3.63) is 60.2 Å². The lowest BCUT2D eigenvalue weighted by Gasteiger charge is -2.27. The summed E-state index contributed by atoms with van der Waals surface area (Å²) in [5.41, 5.74) is 0.648. The maximum Gasteiger partial charge on any atom is 0.251 e. The van der Waals surface area contributed by atoms with Crippen LogP contribution in [0.25, 0.3) is 0 Å². The maximum atomic E-state index is 12.0. The fraction of sp³-hybridized carbons (Fsp3) is 0.300. The molecule has 1 amide bonds. The van der Waals surface area contributed by atoms with Crippen LogP contribution >= 0.6 is 0 Å². The van der Waals surface area contributed by atoms with E-state index in [1.807, 2.05) is 42.5 Å². The van der Waals surface area contributed by atoms with Gasteiger partial charge in [0.15, 0.2) is 17.5 Å². The molecule has 0 radical (unpaired) electrons. The van der Waals surface area contributed by atoms with E-state index >= 15 is 0 Å². The monoisotopic (exact) mass is 368 g/mol. The van der Waals surface area contributed by atoms with Crippen molar-refractivity contribution in [1.82, 2.24) is 16.0 Å². The summed E-state index contributed by atoms with van der Waals surface area (Å²) in [6, 6.07) is 16.8. The lowest BCUT2D eigenvalue weighted by molar-refractivity contribution is 0.0936. The van der Waals surface area contributed by atoms with Crippen LogP contribution in [0.15, 0.2) is 59.6 Å². The number of benzene rings is 2. The highest BCUT2D eigenvalue weighted by Gasteiger charge is 2.20. The molecule has 0 saturated carbocycles. The highest BCUT2D eigenvalue weighted by atomic mass is 16.6. The highest BCUT2D eigenvalue weighted by Crippen LogP contribution is 2.30. The Kier molecular flexibility index (Phi) is 6.51. The number of rotatable bonds is 6. The lowest BCUT2D eigenvalue weighted by Crippen LogP contribution is -2.46. The molecule has 0 fully saturated rings. The molecule has 7 heteroatoms. The molecule has 0 aromatic heterocycles. The molecule has 3 N–H and O–H groups in total. The molecule has 0 bridgehead atoms. The van der Waals surface area contributed by atoms with Crippen LogP contribution in [-0.4, -0.2) is 51.3 Å². The Balaban J connectivity index is 1.36. The second-order valence-electron chi connectivity index (χ2n) is 6.00. The van der Waals surface area contributed by atoms with Crippen molar-refractivity contribution < 1.29 is 14.3 Å². The number of carbonyl (C=O) groups excluding carboxylic acids is 1. The SMILES string of the molecule is CN=C(NCCNC(=O)c1ccccc1)NCC1COc2ccccc2O1. The van der Waals surface area contributed by atoms with Gasteiger partial charge in [0.25, 0.3) is 5.91 Å². The normalized spacial score (nSPS) is 15.7. The van der Waals surface area contributed by atoms with Gasteiger partial charge in [0, 0.05) is 25.7 Å². The number of amides is 1. The average Bonchev–Trinajstić information content (AvgIpc) is 2.73. The topological polar surface area (TPSA) is 84.0 Å². The number of nitrogens with one attached hydrogen (secondary N) is 3. The van der Waals surface area contributed by atoms with Crippen molar-refractivity contribution in [3.63, 3.8) is 0 Å². The summed E-state index contributed by atoms with van der Waals surface area (Å²) in [7, 11) is 1.70. The predicted molar refractivity (Wildman–Crippen MR) is 104 cm³/mol. The van der Waals surface area contributed by atoms with Gasteiger partial charge in [0.05, 0.1) is 6.54 Å². The number of nitrogens with zero attached hydrogens (tertiary/aromatic N) is 1. The predicted octanol–water partition coefficient (Wildman–Crippen LogP) is 1.42. The van der Waals surface area contributed by atoms with Gasteiger partial charge in [-0.25, -0.2) is 0 Å². The van der Waals surface area contributed by atoms with Crippen LogP contribution in [0.1, 0.15) is 10.4 Å². The number of hydrogen-bond donors (Lipinski definition) is 3. The van der Waals surface area contributed by atoms with Crippen LogP contribution in [0.3, 0.4) is 0 Å². The summed E-state index contributed by atoms with van der Waals surface area (Å²) in [6.45, 7) is 2.09. The molecular weight excluding hydrogens is 344 g/mol. The molecule has 0 saturated heterocycles. The smallest absolute Gasteiger partial charge is 0.251 e. The van der Waals surface area contributed by atoms with Gasteiger partial charge in [-0.05, 0) is 24.3 Å². The molecule has 1 atom stereocenters. The second-order valence-corrected chi connectivity index (χ2v) is 6.00. The van der Waals surface area contributed by atoms with E-state index in [4.69, 9.17) is 9.47 Å². The van der Waals surface area contributed by atoms with E-state index in [2.05, 4.69) is 20.9 Å². The number of ether oxygens (including phenoxy) is 2. The Hall–Kier alpha value is -3.22. The quantitative estimate of drug-likeness (QED) is 0.408. The van der Waals surface area contributed by atoms with Crippen molar-refractivity contribution in [1.29, 1.82) is 0 Å². The minimum Gasteiger partial charge on any atom is -0.486 e. The van der Waals surface area contributed by atoms with Crippen LogP contribution in [0.2, 0.25) is 0 Å². The van der Waals surface area contributed by atoms with Gasteiger partial charge in [-0.3, -0.25) is 9.79 Å². The Morgan fingerprint density at radius 3 is 2.48 bits per heavy atom. The van der Waals surface area contributed by atoms with E-state index < -0.39 is 0 Å². The van der Waals surface area contributed by atoms with Crippen LogP contribution in [0.5, 0.6) is 11.5 Å². The van der Waals surface area contributed by atoms with E-state index in [9.17, 15) is 4.79 Å². The van der Waals surface area contributed by atoms with Crippen molar-refractivity contribution in [2.24, 2.45) is 4.99 Å².